The molecule has 1 amide bonds. The smallest absolute Gasteiger partial charge is 0.312 e. The number of phenolic OH excluding ortho intramolecular Hbond substituents is 2. The fourth-order valence-corrected chi connectivity index (χ4v) is 8.65. The van der Waals surface area contributed by atoms with E-state index < -0.39 is 83.0 Å². The maximum Gasteiger partial charge on any atom is 0.312 e. The number of aromatic hydroxyl groups is 2. The Balaban J connectivity index is 1.82. The molecule has 0 saturated heterocycles. The minimum Gasteiger partial charge on any atom is -0.507 e. The summed E-state index contributed by atoms with van der Waals surface area (Å²) in [5.74, 6) is -7.61. The Kier molecular flexibility index (Phi) is 13.1. The first-order valence-corrected chi connectivity index (χ1v) is 20.0. The number of esters is 1. The number of methoxy groups -OCH3 is 1. The summed E-state index contributed by atoms with van der Waals surface area (Å²) >= 11 is 0. The number of aliphatic hydroxyl groups is 2. The average molecular weight is 819 g/mol. The lowest BCUT2D eigenvalue weighted by Crippen LogP contribution is -2.46. The number of fused-ring (bicyclic) bond motifs is 1. The van der Waals surface area contributed by atoms with Crippen molar-refractivity contribution in [1.82, 2.24) is 4.57 Å². The van der Waals surface area contributed by atoms with Crippen LogP contribution in [0.3, 0.4) is 0 Å². The van der Waals surface area contributed by atoms with Crippen LogP contribution in [0.4, 0.5) is 5.69 Å². The number of aliphatic hydroxyl groups excluding tert-OH is 2. The molecule has 1 aromatic heterocycles. The lowest BCUT2D eigenvalue weighted by atomic mass is 9.78. The number of nitrogens with one attached hydrogen (secondary N) is 1. The van der Waals surface area contributed by atoms with Gasteiger partial charge in [0.05, 0.1) is 46.7 Å². The van der Waals surface area contributed by atoms with Gasteiger partial charge in [-0.15, -0.1) is 0 Å². The topological polar surface area (TPSA) is 203 Å². The van der Waals surface area contributed by atoms with Crippen LogP contribution in [0.25, 0.3) is 21.7 Å². The van der Waals surface area contributed by atoms with Gasteiger partial charge in [0.1, 0.15) is 17.6 Å². The summed E-state index contributed by atoms with van der Waals surface area (Å²) < 4.78 is 25.8. The zero-order valence-corrected chi connectivity index (χ0v) is 35.9. The summed E-state index contributed by atoms with van der Waals surface area (Å²) in [5, 5.41) is 49.9. The van der Waals surface area contributed by atoms with E-state index in [2.05, 4.69) is 5.32 Å². The number of ketones is 2. The van der Waals surface area contributed by atoms with Crippen LogP contribution < -0.4 is 10.1 Å². The van der Waals surface area contributed by atoms with Crippen molar-refractivity contribution in [1.29, 1.82) is 0 Å². The number of ether oxygens (including phenoxy) is 4. The number of rotatable bonds is 5. The molecule has 59 heavy (non-hydrogen) atoms. The molecule has 2 aliphatic heterocycles. The molecule has 0 saturated carbocycles. The lowest BCUT2D eigenvalue weighted by Gasteiger charge is -2.38. The number of hydrogen-bond donors (Lipinski definition) is 5. The van der Waals surface area contributed by atoms with Crippen LogP contribution in [-0.2, 0) is 30.3 Å². The van der Waals surface area contributed by atoms with E-state index in [1.807, 2.05) is 11.5 Å². The van der Waals surface area contributed by atoms with E-state index in [1.165, 1.54) is 53.2 Å². The zero-order chi connectivity index (χ0) is 44.0. The van der Waals surface area contributed by atoms with E-state index in [4.69, 9.17) is 18.9 Å². The number of carbonyl (C=O) groups is 4. The average Bonchev–Trinajstić information content (AvgIpc) is 3.62. The predicted molar refractivity (Wildman–Crippen MR) is 223 cm³/mol. The van der Waals surface area contributed by atoms with Gasteiger partial charge in [0.2, 0.25) is 0 Å². The number of carbonyl (C=O) groups excluding carboxylic acids is 4. The third-order valence-electron chi connectivity index (χ3n) is 12.1. The highest BCUT2D eigenvalue weighted by Gasteiger charge is 2.50. The number of nitrogens with zero attached hydrogens (tertiary/aromatic N) is 1. The molecule has 5 rings (SSSR count). The van der Waals surface area contributed by atoms with Crippen molar-refractivity contribution < 1.29 is 58.6 Å². The van der Waals surface area contributed by atoms with Crippen molar-refractivity contribution in [2.24, 2.45) is 23.7 Å². The van der Waals surface area contributed by atoms with Gasteiger partial charge in [-0.05, 0) is 40.2 Å². The number of allylic oxidation sites excluding steroid dienone is 2. The van der Waals surface area contributed by atoms with Gasteiger partial charge in [0.25, 0.3) is 11.7 Å². The number of hydrogen-bond acceptors (Lipinski definition) is 12. The number of aromatic nitrogens is 1. The summed E-state index contributed by atoms with van der Waals surface area (Å²) in [6.07, 6.45) is 4.34. The maximum absolute atomic E-state index is 14.7. The number of amides is 1. The van der Waals surface area contributed by atoms with Crippen LogP contribution in [0.15, 0.2) is 36.1 Å². The van der Waals surface area contributed by atoms with Crippen molar-refractivity contribution in [2.45, 2.75) is 119 Å². The van der Waals surface area contributed by atoms with E-state index in [9.17, 15) is 39.6 Å². The predicted octanol–water partition coefficient (Wildman–Crippen LogP) is 6.92. The van der Waals surface area contributed by atoms with E-state index in [1.54, 1.807) is 53.7 Å². The molecule has 2 aromatic carbocycles. The minimum absolute atomic E-state index is 0.00447. The number of anilines is 1. The van der Waals surface area contributed by atoms with Crippen LogP contribution >= 0.6 is 0 Å². The van der Waals surface area contributed by atoms with Crippen molar-refractivity contribution >= 4 is 50.8 Å². The molecule has 14 heteroatoms. The fourth-order valence-electron chi connectivity index (χ4n) is 8.65. The Morgan fingerprint density at radius 3 is 2.19 bits per heavy atom. The molecule has 14 nitrogen and oxygen atoms in total. The Bertz CT molecular complexity index is 2290. The minimum atomic E-state index is -1.99. The first kappa shape index (κ1) is 44.9. The van der Waals surface area contributed by atoms with Crippen LogP contribution in [0, 0.1) is 37.5 Å². The SMILES string of the molecule is CCCn1c(C)c(C(C)=O)c2c3c(O)c4c(O)c(C)c5c(c4c21)C(=O)C(C)(O/C=C/C(OC)C(C)C(OC(C)=O)C(C)C(O)C(C)C(O)C(C)/C=C\C=C(C)C(=O)N3)O5. The molecule has 0 fully saturated rings. The summed E-state index contributed by atoms with van der Waals surface area (Å²) in [4.78, 5) is 54.5. The third-order valence-corrected chi connectivity index (χ3v) is 12.1. The first-order chi connectivity index (χ1) is 27.6. The molecule has 9 unspecified atom stereocenters. The molecule has 3 heterocycles. The van der Waals surface area contributed by atoms with Crippen LogP contribution in [0.5, 0.6) is 17.2 Å². The standard InChI is InChI=1S/C45H58N2O12/c1-13-18-47-26(8)30(27(9)48)32-35-40(53)33-31(36(32)47)34-42(25(7)39(33)52)59-45(11,43(34)54)57-19-17-29(56-12)22(4)41(58-28(10)49)24(6)38(51)23(5)37(50)20(2)15-14-16-21(3)44(55)46-35/h14-17,19-20,22-24,29,37-38,41,50-53H,13,18H2,1-12H3,(H,46,55)/b15-14-,19-17+,21-16?. The molecule has 5 N–H and O–H groups in total. The summed E-state index contributed by atoms with van der Waals surface area (Å²) in [7, 11) is 1.45. The molecule has 9 atom stereocenters. The van der Waals surface area contributed by atoms with Gasteiger partial charge in [-0.1, -0.05) is 52.8 Å². The highest BCUT2D eigenvalue weighted by molar-refractivity contribution is 6.31. The van der Waals surface area contributed by atoms with E-state index in [-0.39, 0.29) is 55.6 Å². The highest BCUT2D eigenvalue weighted by atomic mass is 16.7. The maximum atomic E-state index is 14.7. The van der Waals surface area contributed by atoms with Crippen LogP contribution in [0.1, 0.15) is 101 Å². The summed E-state index contributed by atoms with van der Waals surface area (Å²) in [6.45, 7) is 18.2. The van der Waals surface area contributed by atoms with E-state index in [0.717, 1.165) is 0 Å². The Morgan fingerprint density at radius 1 is 0.932 bits per heavy atom. The van der Waals surface area contributed by atoms with Gasteiger partial charge in [0.15, 0.2) is 11.5 Å². The molecule has 0 spiro atoms. The van der Waals surface area contributed by atoms with E-state index in [0.29, 0.717) is 24.2 Å². The van der Waals surface area contributed by atoms with Crippen LogP contribution in [0.2, 0.25) is 0 Å². The summed E-state index contributed by atoms with van der Waals surface area (Å²) in [5.41, 5.74) is 1.28. The normalized spacial score (nSPS) is 29.2. The van der Waals surface area contributed by atoms with Gasteiger partial charge in [0, 0.05) is 84.3 Å². The van der Waals surface area contributed by atoms with Gasteiger partial charge in [-0.2, -0.15) is 0 Å². The van der Waals surface area contributed by atoms with Crippen molar-refractivity contribution in [3.8, 4) is 17.2 Å². The molecule has 4 bridgehead atoms. The van der Waals surface area contributed by atoms with Gasteiger partial charge < -0.3 is 49.3 Å². The second-order valence-electron chi connectivity index (χ2n) is 16.2. The van der Waals surface area contributed by atoms with Gasteiger partial charge in [-0.3, -0.25) is 19.2 Å². The third kappa shape index (κ3) is 7.85. The van der Waals surface area contributed by atoms with E-state index >= 15 is 0 Å². The number of Topliss-reactive ketones (excluding diaryl/α,β-unsaturated/α-hetero) is 2. The Labute approximate surface area is 344 Å². The van der Waals surface area contributed by atoms with Gasteiger partial charge >= 0.3 is 11.8 Å². The largest absolute Gasteiger partial charge is 0.507 e. The molecule has 3 aromatic rings. The summed E-state index contributed by atoms with van der Waals surface area (Å²) in [6, 6.07) is 0. The number of phenols is 2. The lowest BCUT2D eigenvalue weighted by molar-refractivity contribution is -0.160. The molecular formula is C45H58N2O12. The van der Waals surface area contributed by atoms with Crippen molar-refractivity contribution in [3.05, 3.63) is 58.5 Å². The van der Waals surface area contributed by atoms with Crippen molar-refractivity contribution in [3.63, 3.8) is 0 Å². The molecule has 320 valence electrons. The van der Waals surface area contributed by atoms with Gasteiger partial charge in [-0.25, -0.2) is 0 Å². The molecule has 0 radical (unpaired) electrons. The molecule has 0 aliphatic carbocycles. The fraction of sp³-hybridized carbons (Fsp3) is 0.511. The molecule has 2 aliphatic rings. The monoisotopic (exact) mass is 818 g/mol. The molecular weight excluding hydrogens is 760 g/mol. The number of aryl methyl sites for hydroxylation is 1. The van der Waals surface area contributed by atoms with Crippen LogP contribution in [-0.4, -0.2) is 85.7 Å². The Morgan fingerprint density at radius 2 is 1.59 bits per heavy atom. The first-order valence-electron chi connectivity index (χ1n) is 20.0. The Hall–Kier alpha value is -5.18. The highest BCUT2D eigenvalue weighted by Crippen LogP contribution is 2.55. The second-order valence-corrected chi connectivity index (χ2v) is 16.2. The number of benzene rings is 2. The zero-order valence-electron chi connectivity index (χ0n) is 35.9. The second kappa shape index (κ2) is 17.2. The van der Waals surface area contributed by atoms with Crippen molar-refractivity contribution in [2.75, 3.05) is 12.4 Å². The quantitative estimate of drug-likeness (QED) is 0.101.